The Labute approximate surface area is 67.5 Å². The van der Waals surface area contributed by atoms with Crippen LogP contribution >= 0.6 is 11.6 Å². The summed E-state index contributed by atoms with van der Waals surface area (Å²) < 4.78 is 12.6. The molecule has 0 aromatic heterocycles. The number of phenols is 1. The normalized spacial score (nSPS) is 9.18. The second-order valence-electron chi connectivity index (χ2n) is 1.89. The van der Waals surface area contributed by atoms with E-state index < -0.39 is 11.6 Å². The molecule has 56 valence electrons. The minimum atomic E-state index is -0.808. The Morgan fingerprint density at radius 2 is 2.18 bits per heavy atom. The van der Waals surface area contributed by atoms with Crippen LogP contribution in [0.25, 0.3) is 0 Å². The molecule has 0 unspecified atom stereocenters. The zero-order chi connectivity index (χ0) is 8.43. The summed E-state index contributed by atoms with van der Waals surface area (Å²) >= 11 is 5.37. The monoisotopic (exact) mass is 171 g/mol. The number of phenolic OH excluding ortho intramolecular Hbond substituents is 1. The van der Waals surface area contributed by atoms with Gasteiger partial charge >= 0.3 is 0 Å². The Balaban J connectivity index is 3.40. The van der Waals surface area contributed by atoms with Crippen molar-refractivity contribution in [1.29, 1.82) is 5.26 Å². The van der Waals surface area contributed by atoms with Crippen LogP contribution in [0.5, 0.6) is 5.75 Å². The molecule has 0 fully saturated rings. The zero-order valence-corrected chi connectivity index (χ0v) is 6.06. The van der Waals surface area contributed by atoms with Crippen molar-refractivity contribution in [1.82, 2.24) is 0 Å². The molecule has 1 N–H and O–H groups in total. The van der Waals surface area contributed by atoms with E-state index in [1.165, 1.54) is 6.07 Å². The number of nitriles is 1. The molecule has 0 spiro atoms. The van der Waals surface area contributed by atoms with Gasteiger partial charge in [0.05, 0.1) is 0 Å². The van der Waals surface area contributed by atoms with Crippen LogP contribution in [0.2, 0.25) is 5.02 Å². The Bertz CT molecular complexity index is 309. The maximum Gasteiger partial charge on any atom is 0.146 e. The van der Waals surface area contributed by atoms with Crippen LogP contribution in [0, 0.1) is 17.1 Å². The smallest absolute Gasteiger partial charge is 0.146 e. The summed E-state index contributed by atoms with van der Waals surface area (Å²) in [6.45, 7) is 0. The fraction of sp³-hybridized carbons (Fsp3) is 0. The lowest BCUT2D eigenvalue weighted by molar-refractivity contribution is 0.466. The highest BCUT2D eigenvalue weighted by atomic mass is 35.5. The number of nitrogens with zero attached hydrogens (tertiary/aromatic N) is 1. The molecule has 0 aliphatic carbocycles. The quantitative estimate of drug-likeness (QED) is 0.649. The Morgan fingerprint density at radius 1 is 1.55 bits per heavy atom. The zero-order valence-electron chi connectivity index (χ0n) is 5.31. The predicted molar refractivity (Wildman–Crippen MR) is 37.8 cm³/mol. The van der Waals surface area contributed by atoms with Crippen LogP contribution in [0.3, 0.4) is 0 Å². The molecule has 1 rings (SSSR count). The fourth-order valence-corrected chi connectivity index (χ4v) is 0.870. The highest BCUT2D eigenvalue weighted by Crippen LogP contribution is 2.24. The van der Waals surface area contributed by atoms with Crippen molar-refractivity contribution in [2.75, 3.05) is 0 Å². The van der Waals surface area contributed by atoms with Crippen LogP contribution in [0.15, 0.2) is 12.1 Å². The molecule has 2 nitrogen and oxygen atoms in total. The average Bonchev–Trinajstić information content (AvgIpc) is 1.85. The minimum Gasteiger partial charge on any atom is -0.506 e. The van der Waals surface area contributed by atoms with Gasteiger partial charge in [-0.3, -0.25) is 0 Å². The highest BCUT2D eigenvalue weighted by molar-refractivity contribution is 6.30. The number of hydrogen-bond donors (Lipinski definition) is 1. The number of rotatable bonds is 0. The van der Waals surface area contributed by atoms with Crippen LogP contribution in [-0.4, -0.2) is 5.11 Å². The van der Waals surface area contributed by atoms with Gasteiger partial charge in [0.1, 0.15) is 23.2 Å². The standard InChI is InChI=1S/C7H3ClFNO/c8-4-1-6(9)5(3-10)7(11)2-4/h1-2,11H. The van der Waals surface area contributed by atoms with E-state index in [1.54, 1.807) is 0 Å². The molecule has 0 radical (unpaired) electrons. The molecular weight excluding hydrogens is 169 g/mol. The topological polar surface area (TPSA) is 44.0 Å². The molecule has 0 aliphatic rings. The summed E-state index contributed by atoms with van der Waals surface area (Å²) in [5, 5.41) is 17.3. The first-order chi connectivity index (χ1) is 5.15. The first kappa shape index (κ1) is 7.83. The van der Waals surface area contributed by atoms with Crippen molar-refractivity contribution >= 4 is 11.6 Å². The average molecular weight is 172 g/mol. The first-order valence-electron chi connectivity index (χ1n) is 2.73. The summed E-state index contributed by atoms with van der Waals surface area (Å²) in [6, 6.07) is 3.59. The molecule has 0 aliphatic heterocycles. The number of benzene rings is 1. The summed E-state index contributed by atoms with van der Waals surface area (Å²) in [6.07, 6.45) is 0. The van der Waals surface area contributed by atoms with Crippen LogP contribution in [-0.2, 0) is 0 Å². The molecule has 0 amide bonds. The molecular formula is C7H3ClFNO. The largest absolute Gasteiger partial charge is 0.506 e. The summed E-state index contributed by atoms with van der Waals surface area (Å²) in [5.74, 6) is -1.24. The second kappa shape index (κ2) is 2.77. The van der Waals surface area contributed by atoms with E-state index >= 15 is 0 Å². The van der Waals surface area contributed by atoms with E-state index in [4.69, 9.17) is 22.0 Å². The van der Waals surface area contributed by atoms with Crippen molar-refractivity contribution in [2.24, 2.45) is 0 Å². The third-order valence-corrected chi connectivity index (χ3v) is 1.36. The maximum absolute atomic E-state index is 12.6. The molecule has 0 bridgehead atoms. The van der Waals surface area contributed by atoms with Gasteiger partial charge < -0.3 is 5.11 Å². The molecule has 1 aromatic carbocycles. The van der Waals surface area contributed by atoms with Crippen molar-refractivity contribution in [3.8, 4) is 11.8 Å². The van der Waals surface area contributed by atoms with Crippen molar-refractivity contribution in [3.63, 3.8) is 0 Å². The summed E-state index contributed by atoms with van der Waals surface area (Å²) in [7, 11) is 0. The predicted octanol–water partition coefficient (Wildman–Crippen LogP) is 2.06. The molecule has 0 heterocycles. The Morgan fingerprint density at radius 3 is 2.64 bits per heavy atom. The molecule has 0 saturated heterocycles. The van der Waals surface area contributed by atoms with E-state index in [-0.39, 0.29) is 10.6 Å². The summed E-state index contributed by atoms with van der Waals surface area (Å²) in [4.78, 5) is 0. The third kappa shape index (κ3) is 1.41. The second-order valence-corrected chi connectivity index (χ2v) is 2.33. The van der Waals surface area contributed by atoms with Gasteiger partial charge in [-0.2, -0.15) is 5.26 Å². The van der Waals surface area contributed by atoms with E-state index in [1.807, 2.05) is 0 Å². The van der Waals surface area contributed by atoms with Crippen LogP contribution in [0.1, 0.15) is 5.56 Å². The van der Waals surface area contributed by atoms with Crippen LogP contribution < -0.4 is 0 Å². The number of halogens is 2. The molecule has 0 atom stereocenters. The van der Waals surface area contributed by atoms with Gasteiger partial charge in [0.25, 0.3) is 0 Å². The lowest BCUT2D eigenvalue weighted by Gasteiger charge is -1.96. The number of aromatic hydroxyl groups is 1. The van der Waals surface area contributed by atoms with Gasteiger partial charge in [-0.1, -0.05) is 11.6 Å². The van der Waals surface area contributed by atoms with Gasteiger partial charge in [-0.25, -0.2) is 4.39 Å². The summed E-state index contributed by atoms with van der Waals surface area (Å²) in [5.41, 5.74) is -0.380. The van der Waals surface area contributed by atoms with Crippen molar-refractivity contribution in [3.05, 3.63) is 28.5 Å². The van der Waals surface area contributed by atoms with Crippen molar-refractivity contribution in [2.45, 2.75) is 0 Å². The molecule has 0 saturated carbocycles. The Hall–Kier alpha value is -1.27. The van der Waals surface area contributed by atoms with E-state index in [2.05, 4.69) is 0 Å². The lowest BCUT2D eigenvalue weighted by Crippen LogP contribution is -1.83. The maximum atomic E-state index is 12.6. The molecule has 4 heteroatoms. The fourth-order valence-electron chi connectivity index (χ4n) is 0.671. The van der Waals surface area contributed by atoms with E-state index in [9.17, 15) is 4.39 Å². The molecule has 1 aromatic rings. The van der Waals surface area contributed by atoms with E-state index in [0.717, 1.165) is 12.1 Å². The third-order valence-electron chi connectivity index (χ3n) is 1.15. The van der Waals surface area contributed by atoms with Gasteiger partial charge in [0, 0.05) is 11.1 Å². The Kier molecular flexibility index (Phi) is 1.97. The van der Waals surface area contributed by atoms with Gasteiger partial charge in [0.15, 0.2) is 0 Å². The van der Waals surface area contributed by atoms with Gasteiger partial charge in [-0.05, 0) is 6.07 Å². The van der Waals surface area contributed by atoms with E-state index in [0.29, 0.717) is 0 Å². The minimum absolute atomic E-state index is 0.0685. The van der Waals surface area contributed by atoms with Crippen LogP contribution in [0.4, 0.5) is 4.39 Å². The first-order valence-corrected chi connectivity index (χ1v) is 3.11. The number of hydrogen-bond acceptors (Lipinski definition) is 2. The molecule has 11 heavy (non-hydrogen) atoms. The lowest BCUT2D eigenvalue weighted by atomic mass is 10.2. The highest BCUT2D eigenvalue weighted by Gasteiger charge is 2.07. The van der Waals surface area contributed by atoms with Gasteiger partial charge in [0.2, 0.25) is 0 Å². The van der Waals surface area contributed by atoms with Gasteiger partial charge in [-0.15, -0.1) is 0 Å². The SMILES string of the molecule is N#Cc1c(O)cc(Cl)cc1F. The van der Waals surface area contributed by atoms with Crippen molar-refractivity contribution < 1.29 is 9.50 Å².